The Morgan fingerprint density at radius 1 is 1.50 bits per heavy atom. The van der Waals surface area contributed by atoms with Gasteiger partial charge in [-0.1, -0.05) is 15.9 Å². The number of benzene rings is 1. The number of alkyl halides is 2. The second-order valence-electron chi connectivity index (χ2n) is 3.76. The van der Waals surface area contributed by atoms with Gasteiger partial charge in [0.15, 0.2) is 5.82 Å². The number of carboxylic acid groups (broad SMARTS) is 1. The van der Waals surface area contributed by atoms with E-state index in [9.17, 15) is 13.6 Å². The number of aromatic carboxylic acids is 1. The van der Waals surface area contributed by atoms with Crippen molar-refractivity contribution in [3.05, 3.63) is 46.5 Å². The molecule has 20 heavy (non-hydrogen) atoms. The van der Waals surface area contributed by atoms with E-state index in [0.717, 1.165) is 6.20 Å². The van der Waals surface area contributed by atoms with E-state index in [2.05, 4.69) is 20.9 Å². The molecule has 2 rings (SSSR count). The monoisotopic (exact) mass is 346 g/mol. The lowest BCUT2D eigenvalue weighted by molar-refractivity contribution is 0.0623. The highest BCUT2D eigenvalue weighted by Crippen LogP contribution is 2.24. The van der Waals surface area contributed by atoms with Gasteiger partial charge in [0.25, 0.3) is 0 Å². The molecule has 0 aliphatic heterocycles. The molecule has 0 saturated heterocycles. The third-order valence-electron chi connectivity index (χ3n) is 2.49. The third kappa shape index (κ3) is 3.13. The Bertz CT molecular complexity index is 631. The average Bonchev–Trinajstić information content (AvgIpc) is 2.85. The molecule has 106 valence electrons. The summed E-state index contributed by atoms with van der Waals surface area (Å²) >= 11 is 3.15. The maximum atomic E-state index is 12.6. The minimum Gasteiger partial charge on any atom is -0.485 e. The van der Waals surface area contributed by atoms with Crippen LogP contribution in [0.3, 0.4) is 0 Å². The first kappa shape index (κ1) is 14.4. The number of carboxylic acids is 1. The summed E-state index contributed by atoms with van der Waals surface area (Å²) < 4.78 is 31.7. The SMILES string of the molecule is O=C(O)c1cc(Br)ccc1OCc1nccn1C(F)F. The average molecular weight is 347 g/mol. The van der Waals surface area contributed by atoms with Crippen LogP contribution in [-0.2, 0) is 6.61 Å². The molecule has 1 aromatic carbocycles. The number of halogens is 3. The van der Waals surface area contributed by atoms with Crippen molar-refractivity contribution < 1.29 is 23.4 Å². The molecule has 0 saturated carbocycles. The summed E-state index contributed by atoms with van der Waals surface area (Å²) in [6.45, 7) is -2.97. The van der Waals surface area contributed by atoms with Crippen molar-refractivity contribution in [2.75, 3.05) is 0 Å². The van der Waals surface area contributed by atoms with E-state index < -0.39 is 12.5 Å². The molecule has 0 aliphatic carbocycles. The Hall–Kier alpha value is -1.96. The predicted octanol–water partition coefficient (Wildman–Crippen LogP) is 3.32. The first-order chi connectivity index (χ1) is 9.49. The topological polar surface area (TPSA) is 64.3 Å². The van der Waals surface area contributed by atoms with Crippen LogP contribution in [0, 0.1) is 0 Å². The lowest BCUT2D eigenvalue weighted by Gasteiger charge is -2.10. The minimum atomic E-state index is -2.72. The molecule has 8 heteroatoms. The summed E-state index contributed by atoms with van der Waals surface area (Å²) in [7, 11) is 0. The summed E-state index contributed by atoms with van der Waals surface area (Å²) in [5.74, 6) is -1.07. The molecule has 0 unspecified atom stereocenters. The number of nitrogens with zero attached hydrogens (tertiary/aromatic N) is 2. The van der Waals surface area contributed by atoms with Gasteiger partial charge in [0, 0.05) is 16.9 Å². The van der Waals surface area contributed by atoms with Gasteiger partial charge in [-0.25, -0.2) is 9.78 Å². The molecule has 0 aliphatic rings. The van der Waals surface area contributed by atoms with Crippen molar-refractivity contribution >= 4 is 21.9 Å². The van der Waals surface area contributed by atoms with E-state index in [0.29, 0.717) is 9.04 Å². The van der Waals surface area contributed by atoms with E-state index >= 15 is 0 Å². The maximum Gasteiger partial charge on any atom is 0.339 e. The lowest BCUT2D eigenvalue weighted by atomic mass is 10.2. The zero-order chi connectivity index (χ0) is 14.7. The molecule has 0 bridgehead atoms. The van der Waals surface area contributed by atoms with Crippen molar-refractivity contribution in [2.45, 2.75) is 13.2 Å². The van der Waals surface area contributed by atoms with Gasteiger partial charge < -0.3 is 9.84 Å². The van der Waals surface area contributed by atoms with E-state index in [1.54, 1.807) is 6.07 Å². The molecule has 1 heterocycles. The van der Waals surface area contributed by atoms with Gasteiger partial charge in [-0.15, -0.1) is 0 Å². The fraction of sp³-hybridized carbons (Fsp3) is 0.167. The molecular weight excluding hydrogens is 338 g/mol. The first-order valence-corrected chi connectivity index (χ1v) is 6.24. The number of carbonyl (C=O) groups is 1. The van der Waals surface area contributed by atoms with E-state index in [1.807, 2.05) is 0 Å². The van der Waals surface area contributed by atoms with Crippen LogP contribution < -0.4 is 4.74 Å². The smallest absolute Gasteiger partial charge is 0.339 e. The summed E-state index contributed by atoms with van der Waals surface area (Å²) in [4.78, 5) is 14.8. The number of rotatable bonds is 5. The van der Waals surface area contributed by atoms with Crippen molar-refractivity contribution in [1.29, 1.82) is 0 Å². The molecule has 5 nitrogen and oxygen atoms in total. The Kier molecular flexibility index (Phi) is 4.33. The Morgan fingerprint density at radius 2 is 2.25 bits per heavy atom. The van der Waals surface area contributed by atoms with E-state index in [1.165, 1.54) is 18.3 Å². The third-order valence-corrected chi connectivity index (χ3v) is 2.98. The van der Waals surface area contributed by atoms with Crippen LogP contribution in [0.25, 0.3) is 0 Å². The largest absolute Gasteiger partial charge is 0.485 e. The molecule has 0 amide bonds. The molecule has 0 radical (unpaired) electrons. The van der Waals surface area contributed by atoms with Crippen LogP contribution in [0.2, 0.25) is 0 Å². The Labute approximate surface area is 120 Å². The highest BCUT2D eigenvalue weighted by Gasteiger charge is 2.15. The zero-order valence-electron chi connectivity index (χ0n) is 9.96. The molecule has 1 aromatic heterocycles. The van der Waals surface area contributed by atoms with E-state index in [4.69, 9.17) is 9.84 Å². The standard InChI is InChI=1S/C12H9BrF2N2O3/c13-7-1-2-9(8(5-7)11(18)19)20-6-10-16-3-4-17(10)12(14)15/h1-5,12H,6H2,(H,18,19). The van der Waals surface area contributed by atoms with Gasteiger partial charge in [0.1, 0.15) is 17.9 Å². The van der Waals surface area contributed by atoms with Crippen molar-refractivity contribution in [1.82, 2.24) is 9.55 Å². The molecule has 1 N–H and O–H groups in total. The van der Waals surface area contributed by atoms with Crippen LogP contribution >= 0.6 is 15.9 Å². The maximum absolute atomic E-state index is 12.6. The van der Waals surface area contributed by atoms with Crippen molar-refractivity contribution in [3.63, 3.8) is 0 Å². The van der Waals surface area contributed by atoms with Crippen LogP contribution in [0.4, 0.5) is 8.78 Å². The number of hydrogen-bond acceptors (Lipinski definition) is 3. The number of hydrogen-bond donors (Lipinski definition) is 1. The van der Waals surface area contributed by atoms with Gasteiger partial charge in [-0.3, -0.25) is 4.57 Å². The molecule has 2 aromatic rings. The van der Waals surface area contributed by atoms with Gasteiger partial charge in [0.05, 0.1) is 0 Å². The van der Waals surface area contributed by atoms with Crippen LogP contribution in [0.1, 0.15) is 22.7 Å². The first-order valence-electron chi connectivity index (χ1n) is 5.44. The van der Waals surface area contributed by atoms with E-state index in [-0.39, 0.29) is 23.7 Å². The summed E-state index contributed by atoms with van der Waals surface area (Å²) in [6.07, 6.45) is 2.35. The van der Waals surface area contributed by atoms with Crippen LogP contribution in [0.5, 0.6) is 5.75 Å². The second kappa shape index (κ2) is 6.00. The zero-order valence-corrected chi connectivity index (χ0v) is 11.5. The summed E-state index contributed by atoms with van der Waals surface area (Å²) in [5, 5.41) is 9.05. The highest BCUT2D eigenvalue weighted by atomic mass is 79.9. The highest BCUT2D eigenvalue weighted by molar-refractivity contribution is 9.10. The van der Waals surface area contributed by atoms with Crippen molar-refractivity contribution in [2.24, 2.45) is 0 Å². The fourth-order valence-electron chi connectivity index (χ4n) is 1.57. The Morgan fingerprint density at radius 3 is 2.90 bits per heavy atom. The van der Waals surface area contributed by atoms with Crippen LogP contribution in [-0.4, -0.2) is 20.6 Å². The normalized spacial score (nSPS) is 10.8. The minimum absolute atomic E-state index is 0.0132. The molecule has 0 atom stereocenters. The second-order valence-corrected chi connectivity index (χ2v) is 4.68. The van der Waals surface area contributed by atoms with Gasteiger partial charge in [-0.2, -0.15) is 8.78 Å². The number of imidazole rings is 1. The molecule has 0 spiro atoms. The number of ether oxygens (including phenoxy) is 1. The van der Waals surface area contributed by atoms with Gasteiger partial charge >= 0.3 is 12.5 Å². The van der Waals surface area contributed by atoms with Gasteiger partial charge in [0.2, 0.25) is 0 Å². The lowest BCUT2D eigenvalue weighted by Crippen LogP contribution is -2.09. The fourth-order valence-corrected chi connectivity index (χ4v) is 1.93. The summed E-state index contributed by atoms with van der Waals surface area (Å²) in [5.41, 5.74) is -0.0606. The number of aromatic nitrogens is 2. The Balaban J connectivity index is 2.19. The van der Waals surface area contributed by atoms with Gasteiger partial charge in [-0.05, 0) is 18.2 Å². The quantitative estimate of drug-likeness (QED) is 0.901. The van der Waals surface area contributed by atoms with Crippen LogP contribution in [0.15, 0.2) is 35.1 Å². The molecular formula is C12H9BrF2N2O3. The summed E-state index contributed by atoms with van der Waals surface area (Å²) in [6, 6.07) is 4.42. The predicted molar refractivity (Wildman–Crippen MR) is 68.9 cm³/mol. The van der Waals surface area contributed by atoms with Crippen molar-refractivity contribution in [3.8, 4) is 5.75 Å². The molecule has 0 fully saturated rings.